The van der Waals surface area contributed by atoms with Crippen LogP contribution in [0.2, 0.25) is 0 Å². The van der Waals surface area contributed by atoms with E-state index < -0.39 is 0 Å². The minimum atomic E-state index is -0.0214. The van der Waals surface area contributed by atoms with Crippen molar-refractivity contribution in [2.45, 2.75) is 24.3 Å². The molecule has 0 radical (unpaired) electrons. The van der Waals surface area contributed by atoms with Crippen LogP contribution in [0.4, 0.5) is 5.69 Å². The molecular formula is C21H26N2OS. The number of rotatable bonds is 7. The predicted molar refractivity (Wildman–Crippen MR) is 107 cm³/mol. The second-order valence-corrected chi connectivity index (χ2v) is 7.95. The second kappa shape index (κ2) is 8.95. The highest BCUT2D eigenvalue weighted by atomic mass is 32.2. The third-order valence-corrected chi connectivity index (χ3v) is 5.90. The Morgan fingerprint density at radius 2 is 1.84 bits per heavy atom. The fraction of sp³-hybridized carbons (Fsp3) is 0.381. The first kappa shape index (κ1) is 17.9. The standard InChI is InChI=1S/C21H26N2OS/c1-17(25-16-18-8-4-2-5-9-18)21(24)22-14-19-12-13-23(15-19)20-10-6-3-7-11-20/h2-11,17,19H,12-16H2,1H3,(H,22,24)/t17-,19-/m1/s1. The zero-order chi connectivity index (χ0) is 17.5. The van der Waals surface area contributed by atoms with Crippen molar-refractivity contribution in [2.24, 2.45) is 5.92 Å². The number of anilines is 1. The summed E-state index contributed by atoms with van der Waals surface area (Å²) in [6.45, 7) is 4.87. The molecule has 0 aromatic heterocycles. The number of benzene rings is 2. The van der Waals surface area contributed by atoms with Gasteiger partial charge in [0.1, 0.15) is 0 Å². The van der Waals surface area contributed by atoms with E-state index in [0.717, 1.165) is 31.8 Å². The molecule has 132 valence electrons. The maximum Gasteiger partial charge on any atom is 0.232 e. The van der Waals surface area contributed by atoms with Crippen LogP contribution in [0.3, 0.4) is 0 Å². The molecule has 1 heterocycles. The molecule has 1 amide bonds. The van der Waals surface area contributed by atoms with Gasteiger partial charge in [-0.05, 0) is 37.0 Å². The van der Waals surface area contributed by atoms with Crippen molar-refractivity contribution in [1.82, 2.24) is 5.32 Å². The Bertz CT molecular complexity index is 662. The van der Waals surface area contributed by atoms with Crippen LogP contribution in [0, 0.1) is 5.92 Å². The maximum absolute atomic E-state index is 12.3. The molecule has 0 bridgehead atoms. The lowest BCUT2D eigenvalue weighted by Crippen LogP contribution is -2.35. The van der Waals surface area contributed by atoms with Gasteiger partial charge < -0.3 is 10.2 Å². The van der Waals surface area contributed by atoms with Crippen LogP contribution in [-0.4, -0.2) is 30.8 Å². The molecule has 25 heavy (non-hydrogen) atoms. The molecule has 1 aliphatic heterocycles. The van der Waals surface area contributed by atoms with Crippen LogP contribution in [0.5, 0.6) is 0 Å². The zero-order valence-electron chi connectivity index (χ0n) is 14.7. The minimum absolute atomic E-state index is 0.0214. The molecule has 2 aromatic carbocycles. The Balaban J connectivity index is 1.39. The average Bonchev–Trinajstić information content (AvgIpc) is 3.15. The number of para-hydroxylation sites is 1. The average molecular weight is 355 g/mol. The highest BCUT2D eigenvalue weighted by molar-refractivity contribution is 7.99. The lowest BCUT2D eigenvalue weighted by molar-refractivity contribution is -0.120. The summed E-state index contributed by atoms with van der Waals surface area (Å²) in [6.07, 6.45) is 1.14. The van der Waals surface area contributed by atoms with Crippen molar-refractivity contribution in [3.63, 3.8) is 0 Å². The van der Waals surface area contributed by atoms with E-state index in [1.165, 1.54) is 11.3 Å². The van der Waals surface area contributed by atoms with Gasteiger partial charge in [-0.25, -0.2) is 0 Å². The van der Waals surface area contributed by atoms with E-state index in [1.54, 1.807) is 11.8 Å². The molecule has 3 nitrogen and oxygen atoms in total. The summed E-state index contributed by atoms with van der Waals surface area (Å²) in [7, 11) is 0. The molecule has 1 saturated heterocycles. The molecule has 0 aliphatic carbocycles. The van der Waals surface area contributed by atoms with Crippen LogP contribution in [-0.2, 0) is 10.5 Å². The number of hydrogen-bond donors (Lipinski definition) is 1. The highest BCUT2D eigenvalue weighted by Gasteiger charge is 2.23. The Labute approximate surface area is 154 Å². The van der Waals surface area contributed by atoms with Crippen LogP contribution < -0.4 is 10.2 Å². The van der Waals surface area contributed by atoms with E-state index in [0.29, 0.717) is 5.92 Å². The molecular weight excluding hydrogens is 328 g/mol. The summed E-state index contributed by atoms with van der Waals surface area (Å²) in [6, 6.07) is 20.8. The maximum atomic E-state index is 12.3. The van der Waals surface area contributed by atoms with Gasteiger partial charge in [0.15, 0.2) is 0 Å². The molecule has 1 fully saturated rings. The number of hydrogen-bond acceptors (Lipinski definition) is 3. The summed E-state index contributed by atoms with van der Waals surface area (Å²) < 4.78 is 0. The molecule has 0 spiro atoms. The van der Waals surface area contributed by atoms with Gasteiger partial charge in [-0.1, -0.05) is 48.5 Å². The van der Waals surface area contributed by atoms with E-state index in [4.69, 9.17) is 0 Å². The highest BCUT2D eigenvalue weighted by Crippen LogP contribution is 2.23. The summed E-state index contributed by atoms with van der Waals surface area (Å²) in [5.74, 6) is 1.57. The fourth-order valence-corrected chi connectivity index (χ4v) is 4.00. The number of nitrogens with zero attached hydrogens (tertiary/aromatic N) is 1. The lowest BCUT2D eigenvalue weighted by Gasteiger charge is -2.19. The topological polar surface area (TPSA) is 32.3 Å². The Kier molecular flexibility index (Phi) is 6.40. The van der Waals surface area contributed by atoms with Crippen molar-refractivity contribution in [3.05, 3.63) is 66.2 Å². The first-order chi connectivity index (χ1) is 12.2. The van der Waals surface area contributed by atoms with Gasteiger partial charge in [-0.2, -0.15) is 0 Å². The number of carbonyl (C=O) groups is 1. The fourth-order valence-electron chi connectivity index (χ4n) is 3.13. The SMILES string of the molecule is C[C@@H](SCc1ccccc1)C(=O)NC[C@H]1CCN(c2ccccc2)C1. The van der Waals surface area contributed by atoms with E-state index in [-0.39, 0.29) is 11.2 Å². The van der Waals surface area contributed by atoms with Crippen molar-refractivity contribution in [3.8, 4) is 0 Å². The second-order valence-electron chi connectivity index (χ2n) is 6.62. The summed E-state index contributed by atoms with van der Waals surface area (Å²) in [4.78, 5) is 14.7. The Morgan fingerprint density at radius 1 is 1.16 bits per heavy atom. The van der Waals surface area contributed by atoms with E-state index in [2.05, 4.69) is 46.6 Å². The van der Waals surface area contributed by atoms with Crippen molar-refractivity contribution >= 4 is 23.4 Å². The zero-order valence-corrected chi connectivity index (χ0v) is 15.5. The van der Waals surface area contributed by atoms with Gasteiger partial charge in [0.05, 0.1) is 5.25 Å². The molecule has 4 heteroatoms. The van der Waals surface area contributed by atoms with Gasteiger partial charge in [-0.15, -0.1) is 11.8 Å². The monoisotopic (exact) mass is 354 g/mol. The largest absolute Gasteiger partial charge is 0.371 e. The summed E-state index contributed by atoms with van der Waals surface area (Å²) in [5, 5.41) is 3.12. The summed E-state index contributed by atoms with van der Waals surface area (Å²) >= 11 is 1.70. The number of amides is 1. The van der Waals surface area contributed by atoms with Gasteiger partial charge >= 0.3 is 0 Å². The smallest absolute Gasteiger partial charge is 0.232 e. The van der Waals surface area contributed by atoms with Crippen LogP contribution in [0.15, 0.2) is 60.7 Å². The Morgan fingerprint density at radius 3 is 2.56 bits per heavy atom. The van der Waals surface area contributed by atoms with Gasteiger partial charge in [0.25, 0.3) is 0 Å². The van der Waals surface area contributed by atoms with Gasteiger partial charge in [0, 0.05) is 31.1 Å². The van der Waals surface area contributed by atoms with Crippen LogP contribution in [0.1, 0.15) is 18.9 Å². The molecule has 0 unspecified atom stereocenters. The summed E-state index contributed by atoms with van der Waals surface area (Å²) in [5.41, 5.74) is 2.55. The van der Waals surface area contributed by atoms with Crippen molar-refractivity contribution < 1.29 is 4.79 Å². The predicted octanol–water partition coefficient (Wildman–Crippen LogP) is 3.95. The molecule has 3 rings (SSSR count). The van der Waals surface area contributed by atoms with Gasteiger partial charge in [0.2, 0.25) is 5.91 Å². The third-order valence-electron chi connectivity index (χ3n) is 4.68. The van der Waals surface area contributed by atoms with Crippen LogP contribution in [0.25, 0.3) is 0 Å². The van der Waals surface area contributed by atoms with Crippen molar-refractivity contribution in [2.75, 3.05) is 24.5 Å². The number of nitrogens with one attached hydrogen (secondary N) is 1. The third kappa shape index (κ3) is 5.27. The number of carbonyl (C=O) groups excluding carboxylic acids is 1. The molecule has 1 aliphatic rings. The number of thioether (sulfide) groups is 1. The first-order valence-electron chi connectivity index (χ1n) is 8.95. The van der Waals surface area contributed by atoms with Gasteiger partial charge in [-0.3, -0.25) is 4.79 Å². The quantitative estimate of drug-likeness (QED) is 0.817. The lowest BCUT2D eigenvalue weighted by atomic mass is 10.1. The Hall–Kier alpha value is -1.94. The van der Waals surface area contributed by atoms with E-state index in [1.807, 2.05) is 31.2 Å². The molecule has 1 N–H and O–H groups in total. The van der Waals surface area contributed by atoms with Crippen molar-refractivity contribution in [1.29, 1.82) is 0 Å². The molecule has 0 saturated carbocycles. The first-order valence-corrected chi connectivity index (χ1v) is 10.0. The van der Waals surface area contributed by atoms with E-state index >= 15 is 0 Å². The molecule has 2 aromatic rings. The minimum Gasteiger partial charge on any atom is -0.371 e. The van der Waals surface area contributed by atoms with Crippen LogP contribution >= 0.6 is 11.8 Å². The van der Waals surface area contributed by atoms with E-state index in [9.17, 15) is 4.79 Å². The normalized spacial score (nSPS) is 18.1. The molecule has 2 atom stereocenters.